The highest BCUT2D eigenvalue weighted by molar-refractivity contribution is 7.99. The van der Waals surface area contributed by atoms with Crippen LogP contribution in [0.1, 0.15) is 21.7 Å². The van der Waals surface area contributed by atoms with E-state index in [9.17, 15) is 4.79 Å². The lowest BCUT2D eigenvalue weighted by Gasteiger charge is -2.12. The summed E-state index contributed by atoms with van der Waals surface area (Å²) < 4.78 is 0. The second kappa shape index (κ2) is 6.13. The normalized spacial score (nSPS) is 10.5. The maximum absolute atomic E-state index is 11.9. The van der Waals surface area contributed by atoms with Crippen molar-refractivity contribution in [3.8, 4) is 0 Å². The van der Waals surface area contributed by atoms with E-state index in [2.05, 4.69) is 9.97 Å². The molecule has 0 saturated carbocycles. The molecule has 21 heavy (non-hydrogen) atoms. The Labute approximate surface area is 128 Å². The van der Waals surface area contributed by atoms with E-state index in [1.54, 1.807) is 26.2 Å². The van der Waals surface area contributed by atoms with Crippen molar-refractivity contribution in [3.63, 3.8) is 0 Å². The molecule has 5 nitrogen and oxygen atoms in total. The van der Waals surface area contributed by atoms with Crippen LogP contribution in [0.4, 0.5) is 5.69 Å². The molecule has 0 atom stereocenters. The predicted molar refractivity (Wildman–Crippen MR) is 84.5 cm³/mol. The van der Waals surface area contributed by atoms with Gasteiger partial charge in [-0.25, -0.2) is 9.97 Å². The zero-order valence-corrected chi connectivity index (χ0v) is 13.4. The smallest absolute Gasteiger partial charge is 0.253 e. The van der Waals surface area contributed by atoms with Crippen LogP contribution >= 0.6 is 11.8 Å². The number of nitrogen functional groups attached to an aromatic ring is 1. The zero-order chi connectivity index (χ0) is 15.6. The van der Waals surface area contributed by atoms with Gasteiger partial charge in [-0.2, -0.15) is 0 Å². The summed E-state index contributed by atoms with van der Waals surface area (Å²) in [5.74, 6) is -0.0686. The van der Waals surface area contributed by atoms with Crippen LogP contribution in [0.5, 0.6) is 0 Å². The van der Waals surface area contributed by atoms with Gasteiger partial charge in [-0.05, 0) is 49.9 Å². The van der Waals surface area contributed by atoms with Gasteiger partial charge < -0.3 is 10.6 Å². The molecule has 1 amide bonds. The number of carbonyl (C=O) groups is 1. The molecule has 0 spiro atoms. The lowest BCUT2D eigenvalue weighted by Crippen LogP contribution is -2.21. The molecular formula is C15H18N4OS. The van der Waals surface area contributed by atoms with Gasteiger partial charge in [0, 0.05) is 41.6 Å². The third kappa shape index (κ3) is 3.72. The van der Waals surface area contributed by atoms with E-state index < -0.39 is 0 Å². The first-order chi connectivity index (χ1) is 9.86. The van der Waals surface area contributed by atoms with Gasteiger partial charge in [-0.1, -0.05) is 0 Å². The number of nitrogens with zero attached hydrogens (tertiary/aromatic N) is 3. The molecule has 2 rings (SSSR count). The molecule has 110 valence electrons. The van der Waals surface area contributed by atoms with Crippen LogP contribution in [0.2, 0.25) is 0 Å². The quantitative estimate of drug-likeness (QED) is 0.697. The Morgan fingerprint density at radius 1 is 1.14 bits per heavy atom. The van der Waals surface area contributed by atoms with E-state index in [-0.39, 0.29) is 5.91 Å². The monoisotopic (exact) mass is 302 g/mol. The van der Waals surface area contributed by atoms with E-state index in [0.29, 0.717) is 16.4 Å². The van der Waals surface area contributed by atoms with Crippen molar-refractivity contribution < 1.29 is 4.79 Å². The molecule has 2 aromatic rings. The molecule has 1 aromatic carbocycles. The Morgan fingerprint density at radius 2 is 1.76 bits per heavy atom. The largest absolute Gasteiger partial charge is 0.398 e. The summed E-state index contributed by atoms with van der Waals surface area (Å²) in [5, 5.41) is 0.658. The van der Waals surface area contributed by atoms with Crippen LogP contribution in [0.25, 0.3) is 0 Å². The van der Waals surface area contributed by atoms with Crippen molar-refractivity contribution in [2.24, 2.45) is 0 Å². The Morgan fingerprint density at radius 3 is 2.29 bits per heavy atom. The lowest BCUT2D eigenvalue weighted by atomic mass is 10.2. The topological polar surface area (TPSA) is 72.1 Å². The summed E-state index contributed by atoms with van der Waals surface area (Å²) in [7, 11) is 3.43. The van der Waals surface area contributed by atoms with Gasteiger partial charge in [0.1, 0.15) is 0 Å². The average Bonchev–Trinajstić information content (AvgIpc) is 2.39. The molecule has 0 aliphatic carbocycles. The van der Waals surface area contributed by atoms with Crippen molar-refractivity contribution in [3.05, 3.63) is 41.2 Å². The second-order valence-corrected chi connectivity index (χ2v) is 6.00. The molecule has 2 N–H and O–H groups in total. The van der Waals surface area contributed by atoms with Gasteiger partial charge in [-0.3, -0.25) is 4.79 Å². The standard InChI is InChI=1S/C15H18N4OS/c1-9-7-10(2)18-15(17-9)21-13-6-5-11(8-12(13)16)14(20)19(3)4/h5-8H,16H2,1-4H3. The maximum Gasteiger partial charge on any atom is 0.253 e. The average molecular weight is 302 g/mol. The van der Waals surface area contributed by atoms with Crippen LogP contribution < -0.4 is 5.73 Å². The first kappa shape index (κ1) is 15.3. The number of hydrogen-bond acceptors (Lipinski definition) is 5. The van der Waals surface area contributed by atoms with Crippen molar-refractivity contribution >= 4 is 23.4 Å². The number of rotatable bonds is 3. The number of carbonyl (C=O) groups excluding carboxylic acids is 1. The lowest BCUT2D eigenvalue weighted by molar-refractivity contribution is 0.0827. The van der Waals surface area contributed by atoms with Crippen LogP contribution in [0, 0.1) is 13.8 Å². The molecule has 1 heterocycles. The first-order valence-corrected chi connectivity index (χ1v) is 7.30. The Kier molecular flexibility index (Phi) is 4.47. The molecule has 0 bridgehead atoms. The molecular weight excluding hydrogens is 284 g/mol. The number of benzene rings is 1. The molecule has 0 fully saturated rings. The third-order valence-corrected chi connectivity index (χ3v) is 3.78. The third-order valence-electron chi connectivity index (χ3n) is 2.83. The minimum Gasteiger partial charge on any atom is -0.398 e. The van der Waals surface area contributed by atoms with Crippen molar-refractivity contribution in [1.29, 1.82) is 0 Å². The van der Waals surface area contributed by atoms with E-state index in [1.807, 2.05) is 26.0 Å². The number of anilines is 1. The van der Waals surface area contributed by atoms with Crippen molar-refractivity contribution in [1.82, 2.24) is 14.9 Å². The highest BCUT2D eigenvalue weighted by atomic mass is 32.2. The van der Waals surface area contributed by atoms with E-state index in [1.165, 1.54) is 16.7 Å². The Hall–Kier alpha value is -2.08. The van der Waals surface area contributed by atoms with Crippen molar-refractivity contribution in [2.45, 2.75) is 23.9 Å². The Balaban J connectivity index is 2.27. The molecule has 6 heteroatoms. The number of hydrogen-bond donors (Lipinski definition) is 1. The van der Waals surface area contributed by atoms with Gasteiger partial charge in [0.25, 0.3) is 5.91 Å². The van der Waals surface area contributed by atoms with Crippen LogP contribution in [0.15, 0.2) is 34.3 Å². The van der Waals surface area contributed by atoms with Crippen LogP contribution in [0.3, 0.4) is 0 Å². The van der Waals surface area contributed by atoms with E-state index in [0.717, 1.165) is 16.3 Å². The maximum atomic E-state index is 11.9. The number of aryl methyl sites for hydroxylation is 2. The first-order valence-electron chi connectivity index (χ1n) is 6.48. The highest BCUT2D eigenvalue weighted by Gasteiger charge is 2.11. The number of aromatic nitrogens is 2. The summed E-state index contributed by atoms with van der Waals surface area (Å²) in [6, 6.07) is 7.21. The van der Waals surface area contributed by atoms with Gasteiger partial charge in [0.2, 0.25) is 0 Å². The molecule has 0 saturated heterocycles. The summed E-state index contributed by atoms with van der Waals surface area (Å²) in [4.78, 5) is 23.0. The highest BCUT2D eigenvalue weighted by Crippen LogP contribution is 2.30. The van der Waals surface area contributed by atoms with Gasteiger partial charge in [0.05, 0.1) is 0 Å². The second-order valence-electron chi connectivity index (χ2n) is 4.99. The summed E-state index contributed by atoms with van der Waals surface area (Å²) in [5.41, 5.74) is 9.00. The molecule has 0 aliphatic rings. The Bertz CT molecular complexity index is 665. The minimum absolute atomic E-state index is 0.0686. The van der Waals surface area contributed by atoms with Crippen LogP contribution in [-0.4, -0.2) is 34.9 Å². The SMILES string of the molecule is Cc1cc(C)nc(Sc2ccc(C(=O)N(C)C)cc2N)n1. The van der Waals surface area contributed by atoms with E-state index in [4.69, 9.17) is 5.73 Å². The fraction of sp³-hybridized carbons (Fsp3) is 0.267. The van der Waals surface area contributed by atoms with E-state index >= 15 is 0 Å². The molecule has 0 radical (unpaired) electrons. The van der Waals surface area contributed by atoms with Gasteiger partial charge in [0.15, 0.2) is 5.16 Å². The fourth-order valence-electron chi connectivity index (χ4n) is 1.87. The molecule has 0 aliphatic heterocycles. The summed E-state index contributed by atoms with van der Waals surface area (Å²) >= 11 is 1.40. The fourth-order valence-corrected chi connectivity index (χ4v) is 2.76. The van der Waals surface area contributed by atoms with Crippen LogP contribution in [-0.2, 0) is 0 Å². The predicted octanol–water partition coefficient (Wildman–Crippen LogP) is 2.53. The summed E-state index contributed by atoms with van der Waals surface area (Å²) in [6.45, 7) is 3.86. The minimum atomic E-state index is -0.0686. The number of amides is 1. The molecule has 0 unspecified atom stereocenters. The zero-order valence-electron chi connectivity index (χ0n) is 12.5. The number of nitrogens with two attached hydrogens (primary N) is 1. The summed E-state index contributed by atoms with van der Waals surface area (Å²) in [6.07, 6.45) is 0. The van der Waals surface area contributed by atoms with Gasteiger partial charge in [-0.15, -0.1) is 0 Å². The molecule has 1 aromatic heterocycles. The van der Waals surface area contributed by atoms with Crippen molar-refractivity contribution in [2.75, 3.05) is 19.8 Å². The van der Waals surface area contributed by atoms with Gasteiger partial charge >= 0.3 is 0 Å².